The third kappa shape index (κ3) is 0.936. The second-order valence-corrected chi connectivity index (χ2v) is 1.97. The van der Waals surface area contributed by atoms with Gasteiger partial charge in [-0.05, 0) is 0 Å². The van der Waals surface area contributed by atoms with Crippen molar-refractivity contribution in [1.82, 2.24) is 0 Å². The van der Waals surface area contributed by atoms with Crippen molar-refractivity contribution in [1.29, 1.82) is 5.41 Å². The molecule has 0 atom stereocenters. The molecule has 1 aromatic heterocycles. The molecule has 0 aromatic carbocycles. The van der Waals surface area contributed by atoms with Gasteiger partial charge in [0.1, 0.15) is 11.4 Å². The van der Waals surface area contributed by atoms with E-state index in [9.17, 15) is 0 Å². The normalized spacial score (nSPS) is 9.82. The van der Waals surface area contributed by atoms with Crippen LogP contribution in [0.1, 0.15) is 0 Å². The molecule has 0 unspecified atom stereocenters. The first-order valence-corrected chi connectivity index (χ1v) is 2.75. The molecule has 0 spiro atoms. The number of nitrogens with two attached hydrogens (primary N) is 3. The topological polar surface area (TPSA) is 135 Å². The molecule has 60 valence electrons. The van der Waals surface area contributed by atoms with Crippen LogP contribution in [-0.4, -0.2) is 5.11 Å². The van der Waals surface area contributed by atoms with Crippen LogP contribution in [0.4, 0.5) is 17.3 Å². The summed E-state index contributed by atoms with van der Waals surface area (Å²) in [5, 5.41) is 16.0. The summed E-state index contributed by atoms with van der Waals surface area (Å²) in [6.45, 7) is 0. The van der Waals surface area contributed by atoms with Crippen molar-refractivity contribution in [3.63, 3.8) is 0 Å². The SMILES string of the molecule is N=c1oc(N)c(O)c(N)c1N. The molecule has 1 rings (SSSR count). The van der Waals surface area contributed by atoms with Crippen LogP contribution in [-0.2, 0) is 0 Å². The summed E-state index contributed by atoms with van der Waals surface area (Å²) in [5.41, 5.74) is 15.0. The lowest BCUT2D eigenvalue weighted by Crippen LogP contribution is -2.11. The first kappa shape index (κ1) is 7.26. The van der Waals surface area contributed by atoms with Crippen LogP contribution in [0.25, 0.3) is 0 Å². The van der Waals surface area contributed by atoms with Crippen molar-refractivity contribution in [2.45, 2.75) is 0 Å². The van der Waals surface area contributed by atoms with E-state index in [2.05, 4.69) is 4.42 Å². The summed E-state index contributed by atoms with van der Waals surface area (Å²) in [6.07, 6.45) is 0. The van der Waals surface area contributed by atoms with E-state index < -0.39 is 5.75 Å². The van der Waals surface area contributed by atoms with Gasteiger partial charge in [-0.15, -0.1) is 0 Å². The van der Waals surface area contributed by atoms with E-state index in [4.69, 9.17) is 27.7 Å². The minimum Gasteiger partial charge on any atom is -0.502 e. The van der Waals surface area contributed by atoms with E-state index in [1.54, 1.807) is 0 Å². The largest absolute Gasteiger partial charge is 0.502 e. The molecule has 0 aliphatic heterocycles. The Labute approximate surface area is 61.7 Å². The number of nitrogens with one attached hydrogen (secondary N) is 1. The number of anilines is 3. The Morgan fingerprint density at radius 2 is 1.73 bits per heavy atom. The number of rotatable bonds is 0. The molecule has 1 heterocycles. The van der Waals surface area contributed by atoms with Crippen LogP contribution in [0.3, 0.4) is 0 Å². The van der Waals surface area contributed by atoms with E-state index >= 15 is 0 Å². The summed E-state index contributed by atoms with van der Waals surface area (Å²) in [7, 11) is 0. The van der Waals surface area contributed by atoms with Crippen LogP contribution in [0.5, 0.6) is 5.75 Å². The van der Waals surface area contributed by atoms with E-state index in [0.29, 0.717) is 0 Å². The maximum absolute atomic E-state index is 9.00. The molecule has 0 amide bonds. The van der Waals surface area contributed by atoms with Crippen molar-refractivity contribution >= 4 is 17.3 Å². The number of nitrogen functional groups attached to an aromatic ring is 3. The van der Waals surface area contributed by atoms with Gasteiger partial charge in [-0.2, -0.15) is 0 Å². The Balaban J connectivity index is 3.59. The first-order chi connectivity index (χ1) is 5.04. The molecule has 8 N–H and O–H groups in total. The van der Waals surface area contributed by atoms with Crippen molar-refractivity contribution in [2.24, 2.45) is 0 Å². The zero-order valence-corrected chi connectivity index (χ0v) is 5.59. The highest BCUT2D eigenvalue weighted by Crippen LogP contribution is 2.28. The molecule has 0 fully saturated rings. The number of aromatic hydroxyl groups is 1. The van der Waals surface area contributed by atoms with Gasteiger partial charge in [0, 0.05) is 0 Å². The van der Waals surface area contributed by atoms with Gasteiger partial charge in [0.05, 0.1) is 0 Å². The fraction of sp³-hybridized carbons (Fsp3) is 0. The van der Waals surface area contributed by atoms with Gasteiger partial charge in [0.2, 0.25) is 17.2 Å². The lowest BCUT2D eigenvalue weighted by atomic mass is 10.3. The molecule has 0 aliphatic rings. The summed E-state index contributed by atoms with van der Waals surface area (Å²) in [5.74, 6) is -0.722. The third-order valence-corrected chi connectivity index (χ3v) is 1.24. The summed E-state index contributed by atoms with van der Waals surface area (Å²) >= 11 is 0. The molecule has 6 nitrogen and oxygen atoms in total. The van der Waals surface area contributed by atoms with Crippen molar-refractivity contribution in [3.8, 4) is 5.75 Å². The zero-order chi connectivity index (χ0) is 8.59. The minimum atomic E-state index is -0.418. The number of hydrogen-bond acceptors (Lipinski definition) is 6. The maximum Gasteiger partial charge on any atom is 0.239 e. The second kappa shape index (κ2) is 2.08. The van der Waals surface area contributed by atoms with Crippen molar-refractivity contribution in [2.75, 3.05) is 17.2 Å². The Bertz CT molecular complexity index is 343. The molecule has 1 aromatic rings. The monoisotopic (exact) mass is 156 g/mol. The third-order valence-electron chi connectivity index (χ3n) is 1.24. The summed E-state index contributed by atoms with van der Waals surface area (Å²) < 4.78 is 4.51. The second-order valence-electron chi connectivity index (χ2n) is 1.97. The van der Waals surface area contributed by atoms with Gasteiger partial charge in [-0.25, -0.2) is 0 Å². The summed E-state index contributed by atoms with van der Waals surface area (Å²) in [6, 6.07) is 0. The average molecular weight is 156 g/mol. The van der Waals surface area contributed by atoms with Gasteiger partial charge in [0.25, 0.3) is 0 Å². The predicted molar refractivity (Wildman–Crippen MR) is 39.5 cm³/mol. The Kier molecular flexibility index (Phi) is 1.37. The quantitative estimate of drug-likeness (QED) is 0.335. The van der Waals surface area contributed by atoms with E-state index in [0.717, 1.165) is 0 Å². The van der Waals surface area contributed by atoms with Crippen LogP contribution in [0.15, 0.2) is 4.42 Å². The highest BCUT2D eigenvalue weighted by atomic mass is 16.4. The van der Waals surface area contributed by atoms with Gasteiger partial charge in [-0.3, -0.25) is 5.41 Å². The van der Waals surface area contributed by atoms with Crippen LogP contribution in [0.2, 0.25) is 0 Å². The van der Waals surface area contributed by atoms with E-state index in [1.807, 2.05) is 0 Å². The smallest absolute Gasteiger partial charge is 0.239 e. The summed E-state index contributed by atoms with van der Waals surface area (Å²) in [4.78, 5) is 0. The van der Waals surface area contributed by atoms with Gasteiger partial charge in [-0.1, -0.05) is 0 Å². The highest BCUT2D eigenvalue weighted by Gasteiger charge is 2.09. The lowest BCUT2D eigenvalue weighted by molar-refractivity contribution is 0.433. The average Bonchev–Trinajstić information content (AvgIpc) is 1.97. The number of hydrogen-bond donors (Lipinski definition) is 5. The Hall–Kier alpha value is -1.85. The Morgan fingerprint density at radius 3 is 2.27 bits per heavy atom. The molecule has 0 saturated heterocycles. The maximum atomic E-state index is 9.00. The van der Waals surface area contributed by atoms with Crippen LogP contribution >= 0.6 is 0 Å². The molecule has 0 saturated carbocycles. The highest BCUT2D eigenvalue weighted by molar-refractivity contribution is 5.73. The molecule has 0 aliphatic carbocycles. The lowest BCUT2D eigenvalue weighted by Gasteiger charge is -2.03. The van der Waals surface area contributed by atoms with Crippen molar-refractivity contribution in [3.05, 3.63) is 5.55 Å². The van der Waals surface area contributed by atoms with Gasteiger partial charge >= 0.3 is 0 Å². The van der Waals surface area contributed by atoms with Crippen LogP contribution < -0.4 is 22.8 Å². The van der Waals surface area contributed by atoms with E-state index in [-0.39, 0.29) is 22.8 Å². The predicted octanol–water partition coefficient (Wildman–Crippen LogP) is -0.789. The molecule has 0 radical (unpaired) electrons. The molecular weight excluding hydrogens is 148 g/mol. The van der Waals surface area contributed by atoms with Crippen LogP contribution in [0, 0.1) is 5.41 Å². The van der Waals surface area contributed by atoms with Crippen molar-refractivity contribution < 1.29 is 9.52 Å². The Morgan fingerprint density at radius 1 is 1.18 bits per heavy atom. The standard InChI is InChI=1S/C5H8N4O2/c6-1-2(7)4(8)11-5(9)3(1)10/h8,10H,6-7,9H2. The fourth-order valence-electron chi connectivity index (χ4n) is 0.596. The molecular formula is C5H8N4O2. The molecule has 6 heteroatoms. The first-order valence-electron chi connectivity index (χ1n) is 2.75. The molecule has 11 heavy (non-hydrogen) atoms. The fourth-order valence-corrected chi connectivity index (χ4v) is 0.596. The molecule has 0 bridgehead atoms. The van der Waals surface area contributed by atoms with Gasteiger partial charge < -0.3 is 26.7 Å². The minimum absolute atomic E-state index is 0.114. The van der Waals surface area contributed by atoms with Gasteiger partial charge in [0.15, 0.2) is 0 Å². The van der Waals surface area contributed by atoms with E-state index in [1.165, 1.54) is 0 Å². The zero-order valence-electron chi connectivity index (χ0n) is 5.59.